The van der Waals surface area contributed by atoms with Crippen molar-refractivity contribution >= 4 is 0 Å². The summed E-state index contributed by atoms with van der Waals surface area (Å²) in [6, 6.07) is 8.36. The van der Waals surface area contributed by atoms with Crippen molar-refractivity contribution in [2.24, 2.45) is 5.41 Å². The summed E-state index contributed by atoms with van der Waals surface area (Å²) in [6.07, 6.45) is 0.717. The van der Waals surface area contributed by atoms with E-state index in [0.29, 0.717) is 6.42 Å². The lowest BCUT2D eigenvalue weighted by Crippen LogP contribution is -2.12. The maximum Gasteiger partial charge on any atom is 0.122 e. The maximum absolute atomic E-state index is 9.00. The fraction of sp³-hybridized carbons (Fsp3) is 0.462. The number of rotatable bonds is 3. The summed E-state index contributed by atoms with van der Waals surface area (Å²) in [4.78, 5) is 0. The van der Waals surface area contributed by atoms with E-state index in [2.05, 4.69) is 12.1 Å². The number of hydrogen-bond donors (Lipinski definition) is 0. The highest BCUT2D eigenvalue weighted by Gasteiger charge is 2.19. The molecule has 2 heteroatoms. The third-order valence-corrected chi connectivity index (χ3v) is 2.37. The molecule has 0 fully saturated rings. The topological polar surface area (TPSA) is 33.0 Å². The molecule has 0 unspecified atom stereocenters. The molecule has 0 radical (unpaired) electrons. The highest BCUT2D eigenvalue weighted by molar-refractivity contribution is 5.38. The normalized spacial score (nSPS) is 10.9. The van der Waals surface area contributed by atoms with Gasteiger partial charge in [-0.2, -0.15) is 5.26 Å². The van der Waals surface area contributed by atoms with Crippen molar-refractivity contribution in [2.45, 2.75) is 27.2 Å². The van der Waals surface area contributed by atoms with Gasteiger partial charge in [0.1, 0.15) is 5.75 Å². The summed E-state index contributed by atoms with van der Waals surface area (Å²) in [5.74, 6) is 0.865. The van der Waals surface area contributed by atoms with Crippen LogP contribution in [0.1, 0.15) is 25.0 Å². The van der Waals surface area contributed by atoms with Crippen LogP contribution in [0, 0.1) is 23.7 Å². The Bertz CT molecular complexity index is 388. The van der Waals surface area contributed by atoms with Crippen molar-refractivity contribution < 1.29 is 4.74 Å². The van der Waals surface area contributed by atoms with Crippen LogP contribution in [0.25, 0.3) is 0 Å². The van der Waals surface area contributed by atoms with Crippen LogP contribution in [0.2, 0.25) is 0 Å². The lowest BCUT2D eigenvalue weighted by Gasteiger charge is -2.17. The molecular formula is C13H17NO. The second kappa shape index (κ2) is 4.35. The predicted molar refractivity (Wildman–Crippen MR) is 60.8 cm³/mol. The highest BCUT2D eigenvalue weighted by atomic mass is 16.5. The zero-order valence-corrected chi connectivity index (χ0v) is 9.79. The van der Waals surface area contributed by atoms with E-state index < -0.39 is 0 Å². The van der Waals surface area contributed by atoms with Gasteiger partial charge in [0.25, 0.3) is 0 Å². The molecule has 0 aliphatic carbocycles. The van der Waals surface area contributed by atoms with Gasteiger partial charge in [0.15, 0.2) is 0 Å². The van der Waals surface area contributed by atoms with Crippen LogP contribution >= 0.6 is 0 Å². The van der Waals surface area contributed by atoms with Crippen LogP contribution in [-0.4, -0.2) is 7.11 Å². The molecule has 80 valence electrons. The first-order chi connectivity index (χ1) is 6.98. The van der Waals surface area contributed by atoms with Gasteiger partial charge in [-0.15, -0.1) is 0 Å². The van der Waals surface area contributed by atoms with Gasteiger partial charge in [0, 0.05) is 0 Å². The van der Waals surface area contributed by atoms with Crippen molar-refractivity contribution in [1.82, 2.24) is 0 Å². The Morgan fingerprint density at radius 1 is 1.40 bits per heavy atom. The van der Waals surface area contributed by atoms with E-state index in [-0.39, 0.29) is 5.41 Å². The highest BCUT2D eigenvalue weighted by Crippen LogP contribution is 2.27. The monoisotopic (exact) mass is 203 g/mol. The predicted octanol–water partition coefficient (Wildman–Crippen LogP) is 3.10. The van der Waals surface area contributed by atoms with Gasteiger partial charge < -0.3 is 4.74 Å². The van der Waals surface area contributed by atoms with Gasteiger partial charge in [-0.1, -0.05) is 17.7 Å². The number of methoxy groups -OCH3 is 1. The SMILES string of the molecule is COc1ccc(C)cc1CC(C)(C)C#N. The fourth-order valence-electron chi connectivity index (χ4n) is 1.56. The molecule has 0 spiro atoms. The van der Waals surface area contributed by atoms with Crippen molar-refractivity contribution in [3.63, 3.8) is 0 Å². The average molecular weight is 203 g/mol. The second-order valence-corrected chi connectivity index (χ2v) is 4.49. The molecule has 1 aromatic rings. The van der Waals surface area contributed by atoms with E-state index in [1.54, 1.807) is 7.11 Å². The standard InChI is InChI=1S/C13H17NO/c1-10-5-6-12(15-4)11(7-10)8-13(2,3)9-14/h5-7H,8H2,1-4H3. The molecule has 0 aliphatic heterocycles. The van der Waals surface area contributed by atoms with E-state index in [9.17, 15) is 0 Å². The van der Waals surface area contributed by atoms with Gasteiger partial charge in [0.2, 0.25) is 0 Å². The van der Waals surface area contributed by atoms with Gasteiger partial charge in [0.05, 0.1) is 18.6 Å². The van der Waals surface area contributed by atoms with Crippen molar-refractivity contribution in [3.05, 3.63) is 29.3 Å². The summed E-state index contributed by atoms with van der Waals surface area (Å²) in [7, 11) is 1.66. The van der Waals surface area contributed by atoms with Crippen LogP contribution in [0.5, 0.6) is 5.75 Å². The molecule has 0 aromatic heterocycles. The van der Waals surface area contributed by atoms with Crippen LogP contribution in [0.15, 0.2) is 18.2 Å². The van der Waals surface area contributed by atoms with Crippen LogP contribution in [-0.2, 0) is 6.42 Å². The van der Waals surface area contributed by atoms with E-state index in [4.69, 9.17) is 10.00 Å². The van der Waals surface area contributed by atoms with Gasteiger partial charge in [-0.25, -0.2) is 0 Å². The van der Waals surface area contributed by atoms with E-state index in [0.717, 1.165) is 11.3 Å². The van der Waals surface area contributed by atoms with E-state index in [1.807, 2.05) is 32.9 Å². The molecule has 2 nitrogen and oxygen atoms in total. The molecule has 1 rings (SSSR count). The summed E-state index contributed by atoms with van der Waals surface area (Å²) >= 11 is 0. The number of ether oxygens (including phenoxy) is 1. The lowest BCUT2D eigenvalue weighted by molar-refractivity contribution is 0.399. The molecule has 0 saturated heterocycles. The Morgan fingerprint density at radius 3 is 2.60 bits per heavy atom. The Hall–Kier alpha value is -1.49. The zero-order chi connectivity index (χ0) is 11.5. The molecule has 0 atom stereocenters. The smallest absolute Gasteiger partial charge is 0.122 e. The first kappa shape index (κ1) is 11.6. The second-order valence-electron chi connectivity index (χ2n) is 4.49. The zero-order valence-electron chi connectivity index (χ0n) is 9.79. The minimum Gasteiger partial charge on any atom is -0.496 e. The summed E-state index contributed by atoms with van der Waals surface area (Å²) < 4.78 is 5.28. The van der Waals surface area contributed by atoms with Crippen LogP contribution in [0.4, 0.5) is 0 Å². The first-order valence-corrected chi connectivity index (χ1v) is 5.03. The molecule has 0 heterocycles. The molecule has 0 N–H and O–H groups in total. The summed E-state index contributed by atoms with van der Waals surface area (Å²) in [5, 5.41) is 9.00. The van der Waals surface area contributed by atoms with Crippen molar-refractivity contribution in [1.29, 1.82) is 5.26 Å². The molecular weight excluding hydrogens is 186 g/mol. The molecule has 0 amide bonds. The Morgan fingerprint density at radius 2 is 2.07 bits per heavy atom. The van der Waals surface area contributed by atoms with Gasteiger partial charge >= 0.3 is 0 Å². The third kappa shape index (κ3) is 2.99. The number of nitrogens with zero attached hydrogens (tertiary/aromatic N) is 1. The molecule has 15 heavy (non-hydrogen) atoms. The molecule has 1 aromatic carbocycles. The summed E-state index contributed by atoms with van der Waals surface area (Å²) in [5.41, 5.74) is 1.95. The molecule has 0 aliphatic rings. The summed E-state index contributed by atoms with van der Waals surface area (Å²) in [6.45, 7) is 5.92. The Labute approximate surface area is 91.5 Å². The molecule has 0 bridgehead atoms. The Balaban J connectivity index is 3.03. The maximum atomic E-state index is 9.00. The molecule has 0 saturated carbocycles. The quantitative estimate of drug-likeness (QED) is 0.756. The third-order valence-electron chi connectivity index (χ3n) is 2.37. The number of benzene rings is 1. The average Bonchev–Trinajstić information content (AvgIpc) is 2.18. The largest absolute Gasteiger partial charge is 0.496 e. The fourth-order valence-corrected chi connectivity index (χ4v) is 1.56. The van der Waals surface area contributed by atoms with Crippen LogP contribution < -0.4 is 4.74 Å². The van der Waals surface area contributed by atoms with Gasteiger partial charge in [-0.05, 0) is 38.8 Å². The van der Waals surface area contributed by atoms with E-state index in [1.165, 1.54) is 5.56 Å². The van der Waals surface area contributed by atoms with Crippen molar-refractivity contribution in [2.75, 3.05) is 7.11 Å². The minimum absolute atomic E-state index is 0.346. The Kier molecular flexibility index (Phi) is 3.36. The lowest BCUT2D eigenvalue weighted by atomic mass is 9.86. The number of nitriles is 1. The van der Waals surface area contributed by atoms with Crippen LogP contribution in [0.3, 0.4) is 0 Å². The van der Waals surface area contributed by atoms with E-state index >= 15 is 0 Å². The van der Waals surface area contributed by atoms with Crippen molar-refractivity contribution in [3.8, 4) is 11.8 Å². The first-order valence-electron chi connectivity index (χ1n) is 5.03. The van der Waals surface area contributed by atoms with Gasteiger partial charge in [-0.3, -0.25) is 0 Å². The number of hydrogen-bond acceptors (Lipinski definition) is 2. The minimum atomic E-state index is -0.346. The number of aryl methyl sites for hydroxylation is 1.